The highest BCUT2D eigenvalue weighted by molar-refractivity contribution is 6.09. The summed E-state index contributed by atoms with van der Waals surface area (Å²) in [4.78, 5) is 40.5. The van der Waals surface area contributed by atoms with Gasteiger partial charge in [0, 0.05) is 23.6 Å². The van der Waals surface area contributed by atoms with Crippen molar-refractivity contribution in [2.24, 2.45) is 0 Å². The fourth-order valence-electron chi connectivity index (χ4n) is 2.59. The number of amides is 2. The number of ketones is 1. The van der Waals surface area contributed by atoms with Gasteiger partial charge in [-0.3, -0.25) is 19.4 Å². The van der Waals surface area contributed by atoms with Gasteiger partial charge in [-0.2, -0.15) is 5.26 Å². The van der Waals surface area contributed by atoms with Crippen molar-refractivity contribution in [2.75, 3.05) is 10.6 Å². The first-order chi connectivity index (χ1) is 14.0. The molecule has 0 atom stereocenters. The summed E-state index contributed by atoms with van der Waals surface area (Å²) in [7, 11) is 0. The molecule has 142 valence electrons. The molecule has 1 aromatic heterocycles. The van der Waals surface area contributed by atoms with Crippen LogP contribution in [0.5, 0.6) is 0 Å². The Morgan fingerprint density at radius 3 is 2.24 bits per heavy atom. The molecule has 0 fully saturated rings. The summed E-state index contributed by atoms with van der Waals surface area (Å²) in [6.07, 6.45) is 2.67. The first-order valence-electron chi connectivity index (χ1n) is 8.66. The Labute approximate surface area is 167 Å². The third-order valence-corrected chi connectivity index (χ3v) is 4.09. The zero-order chi connectivity index (χ0) is 20.8. The van der Waals surface area contributed by atoms with Crippen molar-refractivity contribution in [3.63, 3.8) is 0 Å². The highest BCUT2D eigenvalue weighted by Crippen LogP contribution is 2.16. The molecule has 0 aliphatic heterocycles. The lowest BCUT2D eigenvalue weighted by molar-refractivity contribution is 0.100. The standard InChI is InChI=1S/C22H16N4O3/c1-14(27)15-6-4-7-19(10-15)25-21(28)17-9-18(13-24-12-17)22(29)26-20-8-3-2-5-16(20)11-23/h2-10,12-13H,1H3,(H,25,28)(H,26,29). The van der Waals surface area contributed by atoms with E-state index in [1.165, 1.54) is 25.4 Å². The fourth-order valence-corrected chi connectivity index (χ4v) is 2.59. The van der Waals surface area contributed by atoms with Gasteiger partial charge in [0.15, 0.2) is 5.78 Å². The van der Waals surface area contributed by atoms with Crippen molar-refractivity contribution < 1.29 is 14.4 Å². The van der Waals surface area contributed by atoms with Crippen LogP contribution >= 0.6 is 0 Å². The smallest absolute Gasteiger partial charge is 0.257 e. The van der Waals surface area contributed by atoms with Crippen molar-refractivity contribution in [2.45, 2.75) is 6.92 Å². The number of nitrogens with one attached hydrogen (secondary N) is 2. The molecule has 0 aliphatic rings. The van der Waals surface area contributed by atoms with E-state index in [1.807, 2.05) is 6.07 Å². The summed E-state index contributed by atoms with van der Waals surface area (Å²) in [5.41, 5.74) is 1.98. The lowest BCUT2D eigenvalue weighted by Gasteiger charge is -2.09. The Balaban J connectivity index is 1.77. The number of carbonyl (C=O) groups excluding carboxylic acids is 3. The number of para-hydroxylation sites is 1. The van der Waals surface area contributed by atoms with Crippen molar-refractivity contribution >= 4 is 29.0 Å². The number of benzene rings is 2. The lowest BCUT2D eigenvalue weighted by atomic mass is 10.1. The molecule has 0 saturated heterocycles. The summed E-state index contributed by atoms with van der Waals surface area (Å²) in [5.74, 6) is -1.07. The maximum atomic E-state index is 12.5. The molecule has 7 heteroatoms. The number of hydrogen-bond acceptors (Lipinski definition) is 5. The number of hydrogen-bond donors (Lipinski definition) is 2. The molecule has 3 rings (SSSR count). The van der Waals surface area contributed by atoms with Gasteiger partial charge in [-0.1, -0.05) is 24.3 Å². The zero-order valence-corrected chi connectivity index (χ0v) is 15.5. The van der Waals surface area contributed by atoms with E-state index in [2.05, 4.69) is 15.6 Å². The molecule has 2 aromatic carbocycles. The van der Waals surface area contributed by atoms with Gasteiger partial charge in [0.2, 0.25) is 0 Å². The molecule has 0 spiro atoms. The molecule has 0 unspecified atom stereocenters. The number of carbonyl (C=O) groups is 3. The Morgan fingerprint density at radius 2 is 1.55 bits per heavy atom. The molecule has 0 bridgehead atoms. The van der Waals surface area contributed by atoms with Crippen molar-refractivity contribution in [1.29, 1.82) is 5.26 Å². The lowest BCUT2D eigenvalue weighted by Crippen LogP contribution is -2.16. The first kappa shape index (κ1) is 19.5. The van der Waals surface area contributed by atoms with E-state index < -0.39 is 11.8 Å². The summed E-state index contributed by atoms with van der Waals surface area (Å²) >= 11 is 0. The van der Waals surface area contributed by atoms with Crippen molar-refractivity contribution in [1.82, 2.24) is 4.98 Å². The number of nitriles is 1. The predicted octanol–water partition coefficient (Wildman–Crippen LogP) is 3.66. The molecule has 0 radical (unpaired) electrons. The van der Waals surface area contributed by atoms with Crippen LogP contribution in [0, 0.1) is 11.3 Å². The summed E-state index contributed by atoms with van der Waals surface area (Å²) in [5, 5.41) is 14.4. The van der Waals surface area contributed by atoms with Crippen LogP contribution in [-0.2, 0) is 0 Å². The fraction of sp³-hybridized carbons (Fsp3) is 0.0455. The van der Waals surface area contributed by atoms with E-state index in [9.17, 15) is 14.4 Å². The Bertz CT molecular complexity index is 1150. The maximum absolute atomic E-state index is 12.5. The Hall–Kier alpha value is -4.31. The van der Waals surface area contributed by atoms with Gasteiger partial charge in [0.1, 0.15) is 6.07 Å². The molecule has 2 N–H and O–H groups in total. The number of Topliss-reactive ketones (excluding diaryl/α,β-unsaturated/α-hetero) is 1. The van der Waals surface area contributed by atoms with Crippen LogP contribution in [0.15, 0.2) is 67.0 Å². The molecule has 29 heavy (non-hydrogen) atoms. The van der Waals surface area contributed by atoms with Crippen LogP contribution in [0.3, 0.4) is 0 Å². The second-order valence-corrected chi connectivity index (χ2v) is 6.16. The van der Waals surface area contributed by atoms with Crippen LogP contribution in [0.1, 0.15) is 43.6 Å². The van der Waals surface area contributed by atoms with Crippen LogP contribution < -0.4 is 10.6 Å². The van der Waals surface area contributed by atoms with Crippen LogP contribution in [0.2, 0.25) is 0 Å². The molecule has 2 amide bonds. The van der Waals surface area contributed by atoms with Gasteiger partial charge in [-0.15, -0.1) is 0 Å². The van der Waals surface area contributed by atoms with Crippen LogP contribution in [-0.4, -0.2) is 22.6 Å². The van der Waals surface area contributed by atoms with Gasteiger partial charge in [-0.05, 0) is 37.3 Å². The number of aromatic nitrogens is 1. The highest BCUT2D eigenvalue weighted by atomic mass is 16.2. The molecule has 0 aliphatic carbocycles. The second kappa shape index (κ2) is 8.59. The summed E-state index contributed by atoms with van der Waals surface area (Å²) in [6, 6.07) is 16.6. The van der Waals surface area contributed by atoms with E-state index in [1.54, 1.807) is 48.5 Å². The molecule has 0 saturated carbocycles. The van der Waals surface area contributed by atoms with Gasteiger partial charge in [0.05, 0.1) is 22.4 Å². The Morgan fingerprint density at radius 1 is 0.862 bits per heavy atom. The number of rotatable bonds is 5. The number of nitrogens with zero attached hydrogens (tertiary/aromatic N) is 2. The largest absolute Gasteiger partial charge is 0.322 e. The molecule has 7 nitrogen and oxygen atoms in total. The van der Waals surface area contributed by atoms with Crippen LogP contribution in [0.4, 0.5) is 11.4 Å². The Kier molecular flexibility index (Phi) is 5.76. The van der Waals surface area contributed by atoms with E-state index in [-0.39, 0.29) is 16.9 Å². The first-order valence-corrected chi connectivity index (χ1v) is 8.66. The van der Waals surface area contributed by atoms with E-state index in [4.69, 9.17) is 5.26 Å². The third-order valence-electron chi connectivity index (χ3n) is 4.09. The van der Waals surface area contributed by atoms with Crippen molar-refractivity contribution in [3.05, 3.63) is 89.2 Å². The maximum Gasteiger partial charge on any atom is 0.257 e. The van der Waals surface area contributed by atoms with Crippen molar-refractivity contribution in [3.8, 4) is 6.07 Å². The SMILES string of the molecule is CC(=O)c1cccc(NC(=O)c2cncc(C(=O)Nc3ccccc3C#N)c2)c1. The molecular weight excluding hydrogens is 368 g/mol. The molecule has 3 aromatic rings. The minimum absolute atomic E-state index is 0.112. The minimum atomic E-state index is -0.492. The molecule has 1 heterocycles. The number of anilines is 2. The monoisotopic (exact) mass is 384 g/mol. The molecular formula is C22H16N4O3. The summed E-state index contributed by atoms with van der Waals surface area (Å²) in [6.45, 7) is 1.44. The van der Waals surface area contributed by atoms with Gasteiger partial charge < -0.3 is 10.6 Å². The number of pyridine rings is 1. The third kappa shape index (κ3) is 4.70. The second-order valence-electron chi connectivity index (χ2n) is 6.16. The van der Waals surface area contributed by atoms with E-state index in [0.717, 1.165) is 0 Å². The summed E-state index contributed by atoms with van der Waals surface area (Å²) < 4.78 is 0. The van der Waals surface area contributed by atoms with E-state index in [0.29, 0.717) is 22.5 Å². The average Bonchev–Trinajstić information content (AvgIpc) is 2.74. The van der Waals surface area contributed by atoms with Gasteiger partial charge in [0.25, 0.3) is 11.8 Å². The van der Waals surface area contributed by atoms with E-state index >= 15 is 0 Å². The quantitative estimate of drug-likeness (QED) is 0.652. The normalized spacial score (nSPS) is 9.93. The van der Waals surface area contributed by atoms with Gasteiger partial charge in [-0.25, -0.2) is 0 Å². The highest BCUT2D eigenvalue weighted by Gasteiger charge is 2.13. The van der Waals surface area contributed by atoms with Gasteiger partial charge >= 0.3 is 0 Å². The topological polar surface area (TPSA) is 112 Å². The predicted molar refractivity (Wildman–Crippen MR) is 108 cm³/mol. The minimum Gasteiger partial charge on any atom is -0.322 e. The average molecular weight is 384 g/mol. The zero-order valence-electron chi connectivity index (χ0n) is 15.5. The van der Waals surface area contributed by atoms with Crippen LogP contribution in [0.25, 0.3) is 0 Å².